The van der Waals surface area contributed by atoms with E-state index in [1.165, 1.54) is 19.3 Å². The first-order chi connectivity index (χ1) is 9.58. The Balaban J connectivity index is 0.00000220. The molecule has 4 nitrogen and oxygen atoms in total. The molecule has 0 aromatic rings. The third-order valence-electron chi connectivity index (χ3n) is 4.65. The summed E-state index contributed by atoms with van der Waals surface area (Å²) >= 11 is 0. The second-order valence-corrected chi connectivity index (χ2v) is 6.87. The Morgan fingerprint density at radius 3 is 2.36 bits per heavy atom. The molecule has 2 aliphatic heterocycles. The molecule has 2 N–H and O–H groups in total. The summed E-state index contributed by atoms with van der Waals surface area (Å²) in [4.78, 5) is 15.1. The van der Waals surface area contributed by atoms with E-state index >= 15 is 0 Å². The van der Waals surface area contributed by atoms with Gasteiger partial charge in [-0.15, -0.1) is 24.8 Å². The molecule has 132 valence electrons. The average Bonchev–Trinajstić information content (AvgIpc) is 2.39. The fourth-order valence-electron chi connectivity index (χ4n) is 3.64. The van der Waals surface area contributed by atoms with Crippen LogP contribution in [-0.4, -0.2) is 48.6 Å². The Kier molecular flexibility index (Phi) is 10.7. The zero-order valence-electron chi connectivity index (χ0n) is 14.1. The van der Waals surface area contributed by atoms with Gasteiger partial charge in [0.25, 0.3) is 0 Å². The van der Waals surface area contributed by atoms with Crippen LogP contribution in [0.1, 0.15) is 52.9 Å². The number of likely N-dealkylation sites (tertiary alicyclic amines) is 1. The molecule has 0 aliphatic carbocycles. The second-order valence-electron chi connectivity index (χ2n) is 6.87. The highest BCUT2D eigenvalue weighted by Gasteiger charge is 2.31. The van der Waals surface area contributed by atoms with Crippen LogP contribution >= 0.6 is 24.8 Å². The van der Waals surface area contributed by atoms with E-state index in [1.807, 2.05) is 0 Å². The summed E-state index contributed by atoms with van der Waals surface area (Å²) < 4.78 is 0. The van der Waals surface area contributed by atoms with Gasteiger partial charge in [-0.25, -0.2) is 0 Å². The van der Waals surface area contributed by atoms with E-state index in [0.717, 1.165) is 32.5 Å². The minimum absolute atomic E-state index is 0. The molecule has 2 heterocycles. The third kappa shape index (κ3) is 6.23. The van der Waals surface area contributed by atoms with Gasteiger partial charge in [-0.3, -0.25) is 9.69 Å². The molecule has 2 fully saturated rings. The van der Waals surface area contributed by atoms with E-state index in [1.54, 1.807) is 0 Å². The fraction of sp³-hybridized carbons (Fsp3) is 0.938. The molecule has 0 bridgehead atoms. The minimum Gasteiger partial charge on any atom is -0.352 e. The van der Waals surface area contributed by atoms with Crippen LogP contribution in [0.15, 0.2) is 0 Å². The van der Waals surface area contributed by atoms with Crippen LogP contribution < -0.4 is 10.6 Å². The van der Waals surface area contributed by atoms with E-state index in [2.05, 4.69) is 36.3 Å². The van der Waals surface area contributed by atoms with Crippen molar-refractivity contribution in [3.63, 3.8) is 0 Å². The molecular formula is C16H33Cl2N3O. The van der Waals surface area contributed by atoms with Crippen LogP contribution in [0, 0.1) is 5.92 Å². The highest BCUT2D eigenvalue weighted by molar-refractivity contribution is 5.85. The van der Waals surface area contributed by atoms with Crippen molar-refractivity contribution in [3.8, 4) is 0 Å². The Hall–Kier alpha value is -0.0300. The summed E-state index contributed by atoms with van der Waals surface area (Å²) in [6.45, 7) is 9.72. The third-order valence-corrected chi connectivity index (χ3v) is 4.65. The maximum absolute atomic E-state index is 12.7. The van der Waals surface area contributed by atoms with Crippen molar-refractivity contribution in [2.75, 3.05) is 19.6 Å². The van der Waals surface area contributed by atoms with Crippen LogP contribution in [-0.2, 0) is 4.79 Å². The molecule has 2 aliphatic rings. The monoisotopic (exact) mass is 353 g/mol. The number of nitrogens with one attached hydrogen (secondary N) is 2. The van der Waals surface area contributed by atoms with Gasteiger partial charge < -0.3 is 10.6 Å². The Bertz CT molecular complexity index is 323. The topological polar surface area (TPSA) is 44.4 Å². The molecule has 2 rings (SSSR count). The summed E-state index contributed by atoms with van der Waals surface area (Å²) in [5.74, 6) is 0.633. The van der Waals surface area contributed by atoms with Crippen molar-refractivity contribution in [3.05, 3.63) is 0 Å². The first-order valence-electron chi connectivity index (χ1n) is 8.35. The Labute approximate surface area is 148 Å². The number of carbonyl (C=O) groups is 1. The maximum Gasteiger partial charge on any atom is 0.237 e. The van der Waals surface area contributed by atoms with Gasteiger partial charge in [-0.2, -0.15) is 0 Å². The van der Waals surface area contributed by atoms with Crippen molar-refractivity contribution in [1.82, 2.24) is 15.5 Å². The molecule has 3 atom stereocenters. The van der Waals surface area contributed by atoms with Gasteiger partial charge in [-0.05, 0) is 58.2 Å². The molecule has 0 spiro atoms. The molecule has 6 heteroatoms. The predicted molar refractivity (Wildman–Crippen MR) is 97.2 cm³/mol. The normalized spacial score (nSPS) is 27.5. The van der Waals surface area contributed by atoms with Gasteiger partial charge in [0.15, 0.2) is 0 Å². The quantitative estimate of drug-likeness (QED) is 0.816. The molecule has 3 unspecified atom stereocenters. The molecule has 0 aromatic carbocycles. The van der Waals surface area contributed by atoms with Crippen LogP contribution in [0.3, 0.4) is 0 Å². The van der Waals surface area contributed by atoms with E-state index < -0.39 is 0 Å². The lowest BCUT2D eigenvalue weighted by Gasteiger charge is -2.37. The highest BCUT2D eigenvalue weighted by Crippen LogP contribution is 2.18. The van der Waals surface area contributed by atoms with E-state index in [0.29, 0.717) is 18.0 Å². The van der Waals surface area contributed by atoms with Gasteiger partial charge in [0.1, 0.15) is 0 Å². The van der Waals surface area contributed by atoms with E-state index in [4.69, 9.17) is 0 Å². The second kappa shape index (κ2) is 10.7. The first kappa shape index (κ1) is 22.0. The molecule has 2 saturated heterocycles. The number of halogens is 2. The highest BCUT2D eigenvalue weighted by atomic mass is 35.5. The minimum atomic E-state index is 0. The van der Waals surface area contributed by atoms with Gasteiger partial charge in [-0.1, -0.05) is 20.3 Å². The molecule has 0 saturated carbocycles. The van der Waals surface area contributed by atoms with Crippen LogP contribution in [0.2, 0.25) is 0 Å². The SMILES string of the molecule is CC1CC(NC(=O)C(C(C)C)N2CCCCC2)CCN1.Cl.Cl. The van der Waals surface area contributed by atoms with Gasteiger partial charge >= 0.3 is 0 Å². The summed E-state index contributed by atoms with van der Waals surface area (Å²) in [7, 11) is 0. The van der Waals surface area contributed by atoms with Crippen LogP contribution in [0.25, 0.3) is 0 Å². The molecule has 1 amide bonds. The Morgan fingerprint density at radius 1 is 1.18 bits per heavy atom. The van der Waals surface area contributed by atoms with Crippen molar-refractivity contribution < 1.29 is 4.79 Å². The van der Waals surface area contributed by atoms with Gasteiger partial charge in [0.2, 0.25) is 5.91 Å². The lowest BCUT2D eigenvalue weighted by molar-refractivity contribution is -0.129. The van der Waals surface area contributed by atoms with Crippen molar-refractivity contribution in [1.29, 1.82) is 0 Å². The number of carbonyl (C=O) groups excluding carboxylic acids is 1. The van der Waals surface area contributed by atoms with Gasteiger partial charge in [0, 0.05) is 12.1 Å². The van der Waals surface area contributed by atoms with Crippen molar-refractivity contribution in [2.24, 2.45) is 5.92 Å². The molecule has 0 radical (unpaired) electrons. The smallest absolute Gasteiger partial charge is 0.237 e. The summed E-state index contributed by atoms with van der Waals surface area (Å²) in [6, 6.07) is 0.923. The zero-order chi connectivity index (χ0) is 14.5. The van der Waals surface area contributed by atoms with E-state index in [9.17, 15) is 4.79 Å². The van der Waals surface area contributed by atoms with Crippen molar-refractivity contribution >= 4 is 30.7 Å². The lowest BCUT2D eigenvalue weighted by Crippen LogP contribution is -2.55. The maximum atomic E-state index is 12.7. The number of nitrogens with zero attached hydrogens (tertiary/aromatic N) is 1. The average molecular weight is 354 g/mol. The largest absolute Gasteiger partial charge is 0.352 e. The first-order valence-corrected chi connectivity index (χ1v) is 8.35. The Morgan fingerprint density at radius 2 is 1.82 bits per heavy atom. The summed E-state index contributed by atoms with van der Waals surface area (Å²) in [5, 5.41) is 6.75. The summed E-state index contributed by atoms with van der Waals surface area (Å²) in [6.07, 6.45) is 5.90. The van der Waals surface area contributed by atoms with Gasteiger partial charge in [0.05, 0.1) is 6.04 Å². The predicted octanol–water partition coefficient (Wildman–Crippen LogP) is 2.60. The zero-order valence-corrected chi connectivity index (χ0v) is 15.8. The van der Waals surface area contributed by atoms with Crippen molar-refractivity contribution in [2.45, 2.75) is 71.0 Å². The lowest BCUT2D eigenvalue weighted by atomic mass is 9.96. The molecule has 0 aromatic heterocycles. The van der Waals surface area contributed by atoms with Crippen LogP contribution in [0.5, 0.6) is 0 Å². The standard InChI is InChI=1S/C16H31N3O.2ClH/c1-12(2)15(19-9-5-4-6-10-19)16(20)18-14-7-8-17-13(3)11-14;;/h12-15,17H,4-11H2,1-3H3,(H,18,20);2*1H. The van der Waals surface area contributed by atoms with Crippen LogP contribution in [0.4, 0.5) is 0 Å². The number of amides is 1. The number of piperidine rings is 2. The summed E-state index contributed by atoms with van der Waals surface area (Å²) in [5.41, 5.74) is 0. The molecule has 22 heavy (non-hydrogen) atoms. The van der Waals surface area contributed by atoms with E-state index in [-0.39, 0.29) is 36.8 Å². The molecular weight excluding hydrogens is 321 g/mol. The fourth-order valence-corrected chi connectivity index (χ4v) is 3.64. The number of hydrogen-bond acceptors (Lipinski definition) is 3. The number of rotatable bonds is 4. The number of hydrogen-bond donors (Lipinski definition) is 2.